The van der Waals surface area contributed by atoms with Crippen LogP contribution in [0.15, 0.2) is 47.1 Å². The van der Waals surface area contributed by atoms with Gasteiger partial charge in [-0.1, -0.05) is 33.6 Å². The summed E-state index contributed by atoms with van der Waals surface area (Å²) in [6.07, 6.45) is 1.70. The van der Waals surface area contributed by atoms with Crippen LogP contribution in [0.2, 0.25) is 0 Å². The average molecular weight is 357 g/mol. The maximum Gasteiger partial charge on any atom is 0.265 e. The van der Waals surface area contributed by atoms with Gasteiger partial charge in [0.1, 0.15) is 0 Å². The van der Waals surface area contributed by atoms with Crippen molar-refractivity contribution in [1.29, 1.82) is 0 Å². The van der Waals surface area contributed by atoms with Crippen molar-refractivity contribution in [2.75, 3.05) is 5.32 Å². The quantitative estimate of drug-likeness (QED) is 0.625. The van der Waals surface area contributed by atoms with E-state index in [0.717, 1.165) is 20.9 Å². The Morgan fingerprint density at radius 3 is 2.77 bits per heavy atom. The average Bonchev–Trinajstić information content (AvgIpc) is 3.00. The molecule has 0 aliphatic carbocycles. The van der Waals surface area contributed by atoms with Gasteiger partial charge in [0.2, 0.25) is 0 Å². The minimum absolute atomic E-state index is 0.422. The number of hydrogen-bond acceptors (Lipinski definition) is 2. The Kier molecular flexibility index (Phi) is 2.74. The van der Waals surface area contributed by atoms with Gasteiger partial charge < -0.3 is 15.4 Å². The maximum atomic E-state index is 12.5. The number of aryl methyl sites for hydroxylation is 1. The predicted octanol–water partition coefficient (Wildman–Crippen LogP) is 3.43. The van der Waals surface area contributed by atoms with Crippen molar-refractivity contribution in [2.24, 2.45) is 0 Å². The first-order valence-electron chi connectivity index (χ1n) is 6.92. The van der Waals surface area contributed by atoms with Crippen molar-refractivity contribution >= 4 is 38.4 Å². The highest BCUT2D eigenvalue weighted by molar-refractivity contribution is 9.10. The molecule has 4 nitrogen and oxygen atoms in total. The van der Waals surface area contributed by atoms with Gasteiger partial charge >= 0.3 is 0 Å². The van der Waals surface area contributed by atoms with Gasteiger partial charge in [-0.2, -0.15) is 0 Å². The Balaban J connectivity index is 2.03. The molecule has 4 rings (SSSR count). The Labute approximate surface area is 135 Å². The van der Waals surface area contributed by atoms with Crippen molar-refractivity contribution in [1.82, 2.24) is 4.98 Å². The van der Waals surface area contributed by atoms with Crippen LogP contribution in [0, 0.1) is 6.92 Å². The number of carbonyl (C=O) groups excluding carboxylic acids is 1. The Bertz CT molecular complexity index is 932. The number of carbonyl (C=O) groups is 1. The van der Waals surface area contributed by atoms with E-state index >= 15 is 0 Å². The van der Waals surface area contributed by atoms with E-state index in [1.807, 2.05) is 43.3 Å². The fourth-order valence-electron chi connectivity index (χ4n) is 3.06. The van der Waals surface area contributed by atoms with Crippen molar-refractivity contribution in [3.05, 3.63) is 63.8 Å². The Hall–Kier alpha value is -2.11. The van der Waals surface area contributed by atoms with E-state index in [9.17, 15) is 9.90 Å². The number of halogens is 1. The highest BCUT2D eigenvalue weighted by atomic mass is 79.9. The van der Waals surface area contributed by atoms with Crippen molar-refractivity contribution < 1.29 is 9.90 Å². The van der Waals surface area contributed by atoms with E-state index < -0.39 is 11.5 Å². The fraction of sp³-hybridized carbons (Fsp3) is 0.118. The lowest BCUT2D eigenvalue weighted by molar-refractivity contribution is -0.129. The molecule has 22 heavy (non-hydrogen) atoms. The summed E-state index contributed by atoms with van der Waals surface area (Å²) in [7, 11) is 0. The van der Waals surface area contributed by atoms with Crippen LogP contribution < -0.4 is 5.32 Å². The van der Waals surface area contributed by atoms with E-state index in [2.05, 4.69) is 26.2 Å². The zero-order valence-electron chi connectivity index (χ0n) is 11.8. The molecule has 5 heteroatoms. The monoisotopic (exact) mass is 356 g/mol. The number of H-pyrrole nitrogens is 1. The van der Waals surface area contributed by atoms with E-state index in [0.29, 0.717) is 16.8 Å². The molecule has 3 N–H and O–H groups in total. The second-order valence-corrected chi connectivity index (χ2v) is 6.52. The van der Waals surface area contributed by atoms with Crippen LogP contribution in [0.4, 0.5) is 5.69 Å². The van der Waals surface area contributed by atoms with Crippen molar-refractivity contribution in [3.63, 3.8) is 0 Å². The summed E-state index contributed by atoms with van der Waals surface area (Å²) in [5, 5.41) is 14.8. The number of hydrogen-bond donors (Lipinski definition) is 3. The van der Waals surface area contributed by atoms with E-state index in [4.69, 9.17) is 0 Å². The van der Waals surface area contributed by atoms with Gasteiger partial charge in [-0.05, 0) is 31.2 Å². The first-order chi connectivity index (χ1) is 10.5. The van der Waals surface area contributed by atoms with Gasteiger partial charge in [-0.25, -0.2) is 0 Å². The molecule has 0 saturated carbocycles. The fourth-order valence-corrected chi connectivity index (χ4v) is 3.42. The molecule has 0 bridgehead atoms. The third kappa shape index (κ3) is 1.69. The lowest BCUT2D eigenvalue weighted by atomic mass is 9.86. The molecule has 0 spiro atoms. The number of aliphatic hydroxyl groups is 1. The molecule has 1 unspecified atom stereocenters. The highest BCUT2D eigenvalue weighted by Crippen LogP contribution is 2.43. The minimum atomic E-state index is -1.68. The van der Waals surface area contributed by atoms with Gasteiger partial charge in [-0.3, -0.25) is 4.79 Å². The molecule has 2 aromatic carbocycles. The number of amides is 1. The number of aromatic nitrogens is 1. The highest BCUT2D eigenvalue weighted by Gasteiger charge is 2.48. The molecule has 1 aliphatic heterocycles. The standard InChI is InChI=1S/C17H13BrN2O2/c1-9-2-4-15-12(6-9)17(22,16(21)20-15)13-8-19-14-5-3-10(18)7-11(13)14/h2-8,19,22H,1H3,(H,20,21). The molecule has 3 aromatic rings. The molecule has 1 aliphatic rings. The Morgan fingerprint density at radius 2 is 1.95 bits per heavy atom. The number of fused-ring (bicyclic) bond motifs is 2. The van der Waals surface area contributed by atoms with Crippen molar-refractivity contribution in [2.45, 2.75) is 12.5 Å². The SMILES string of the molecule is Cc1ccc2c(c1)C(O)(c1c[nH]c3ccc(Br)cc13)C(=O)N2. The first kappa shape index (κ1) is 13.5. The molecule has 1 amide bonds. The third-order valence-electron chi connectivity index (χ3n) is 4.18. The smallest absolute Gasteiger partial charge is 0.265 e. The van der Waals surface area contributed by atoms with Crippen LogP contribution in [0.25, 0.3) is 10.9 Å². The van der Waals surface area contributed by atoms with Gasteiger partial charge in [0.25, 0.3) is 5.91 Å². The van der Waals surface area contributed by atoms with Crippen LogP contribution in [-0.2, 0) is 10.4 Å². The van der Waals surface area contributed by atoms with E-state index in [-0.39, 0.29) is 0 Å². The van der Waals surface area contributed by atoms with Crippen LogP contribution in [0.3, 0.4) is 0 Å². The number of nitrogens with one attached hydrogen (secondary N) is 2. The van der Waals surface area contributed by atoms with Crippen molar-refractivity contribution in [3.8, 4) is 0 Å². The molecule has 0 saturated heterocycles. The number of anilines is 1. The maximum absolute atomic E-state index is 12.5. The lowest BCUT2D eigenvalue weighted by Gasteiger charge is -2.21. The molecule has 2 heterocycles. The number of benzene rings is 2. The molecule has 110 valence electrons. The first-order valence-corrected chi connectivity index (χ1v) is 7.71. The summed E-state index contributed by atoms with van der Waals surface area (Å²) in [6.45, 7) is 1.94. The van der Waals surface area contributed by atoms with Gasteiger partial charge in [0, 0.05) is 38.4 Å². The van der Waals surface area contributed by atoms with Crippen LogP contribution in [-0.4, -0.2) is 16.0 Å². The summed E-state index contributed by atoms with van der Waals surface area (Å²) >= 11 is 3.44. The summed E-state index contributed by atoms with van der Waals surface area (Å²) in [5.41, 5.74) is 2.00. The summed E-state index contributed by atoms with van der Waals surface area (Å²) < 4.78 is 0.896. The minimum Gasteiger partial charge on any atom is -0.372 e. The second kappa shape index (κ2) is 4.44. The molecule has 1 atom stereocenters. The van der Waals surface area contributed by atoms with Gasteiger partial charge in [-0.15, -0.1) is 0 Å². The number of aromatic amines is 1. The molecular weight excluding hydrogens is 344 g/mol. The topological polar surface area (TPSA) is 65.1 Å². The van der Waals surface area contributed by atoms with Gasteiger partial charge in [0.15, 0.2) is 5.60 Å². The molecule has 0 radical (unpaired) electrons. The third-order valence-corrected chi connectivity index (χ3v) is 4.67. The molecular formula is C17H13BrN2O2. The molecule has 0 fully saturated rings. The molecule has 1 aromatic heterocycles. The van der Waals surface area contributed by atoms with E-state index in [1.54, 1.807) is 6.20 Å². The summed E-state index contributed by atoms with van der Waals surface area (Å²) in [6, 6.07) is 11.3. The predicted molar refractivity (Wildman–Crippen MR) is 88.8 cm³/mol. The van der Waals surface area contributed by atoms with Crippen LogP contribution in [0.1, 0.15) is 16.7 Å². The second-order valence-electron chi connectivity index (χ2n) is 5.61. The zero-order chi connectivity index (χ0) is 15.5. The van der Waals surface area contributed by atoms with E-state index in [1.165, 1.54) is 0 Å². The largest absolute Gasteiger partial charge is 0.372 e. The van der Waals surface area contributed by atoms with Crippen LogP contribution >= 0.6 is 15.9 Å². The van der Waals surface area contributed by atoms with Gasteiger partial charge in [0.05, 0.1) is 0 Å². The lowest BCUT2D eigenvalue weighted by Crippen LogP contribution is -2.35. The zero-order valence-corrected chi connectivity index (χ0v) is 13.4. The number of rotatable bonds is 1. The normalized spacial score (nSPS) is 20.2. The van der Waals surface area contributed by atoms with Crippen LogP contribution in [0.5, 0.6) is 0 Å². The summed E-state index contributed by atoms with van der Waals surface area (Å²) in [4.78, 5) is 15.6. The Morgan fingerprint density at radius 1 is 1.14 bits per heavy atom. The summed E-state index contributed by atoms with van der Waals surface area (Å²) in [5.74, 6) is -0.422.